The number of nitrogens with two attached hydrogens (primary N) is 1. The third-order valence-electron chi connectivity index (χ3n) is 9.54. The molecule has 5 heterocycles. The monoisotopic (exact) mass is 661 g/mol. The maximum absolute atomic E-state index is 16.8. The molecule has 8 nitrogen and oxygen atoms in total. The normalized spacial score (nSPS) is 25.3. The van der Waals surface area contributed by atoms with Gasteiger partial charge in [0.2, 0.25) is 0 Å². The molecule has 3 aliphatic heterocycles. The van der Waals surface area contributed by atoms with E-state index in [4.69, 9.17) is 10.5 Å². The summed E-state index contributed by atoms with van der Waals surface area (Å²) < 4.78 is 96.1. The number of ether oxygens (including phenoxy) is 1. The van der Waals surface area contributed by atoms with Crippen LogP contribution in [-0.2, 0) is 6.18 Å². The fourth-order valence-corrected chi connectivity index (χ4v) is 8.17. The van der Waals surface area contributed by atoms with Crippen LogP contribution >= 0.6 is 11.3 Å². The molecule has 15 heteroatoms. The van der Waals surface area contributed by atoms with Gasteiger partial charge in [0.05, 0.1) is 27.4 Å². The van der Waals surface area contributed by atoms with Crippen molar-refractivity contribution in [2.75, 3.05) is 36.9 Å². The molecule has 0 amide bonds. The Kier molecular flexibility index (Phi) is 7.43. The molecular weight excluding hydrogens is 632 g/mol. The summed E-state index contributed by atoms with van der Waals surface area (Å²) >= 11 is 0.744. The van der Waals surface area contributed by atoms with Crippen molar-refractivity contribution in [2.45, 2.75) is 63.0 Å². The molecule has 7 rings (SSSR count). The molecule has 0 saturated carbocycles. The van der Waals surface area contributed by atoms with E-state index in [0.717, 1.165) is 36.0 Å². The highest BCUT2D eigenvalue weighted by Gasteiger charge is 2.49. The summed E-state index contributed by atoms with van der Waals surface area (Å²) in [5, 5.41) is 9.21. The lowest BCUT2D eigenvalue weighted by atomic mass is 9.92. The van der Waals surface area contributed by atoms with Crippen LogP contribution in [0.2, 0.25) is 0 Å². The lowest BCUT2D eigenvalue weighted by molar-refractivity contribution is -0.137. The van der Waals surface area contributed by atoms with E-state index < -0.39 is 46.2 Å². The van der Waals surface area contributed by atoms with Crippen LogP contribution in [0.1, 0.15) is 44.6 Å². The first kappa shape index (κ1) is 30.7. The molecule has 3 fully saturated rings. The smallest absolute Gasteiger partial charge is 0.417 e. The predicted octanol–water partition coefficient (Wildman–Crippen LogP) is 6.87. The lowest BCUT2D eigenvalue weighted by Crippen LogP contribution is -2.44. The Morgan fingerprint density at radius 1 is 1.17 bits per heavy atom. The zero-order valence-electron chi connectivity index (χ0n) is 24.7. The van der Waals surface area contributed by atoms with Crippen molar-refractivity contribution in [3.8, 4) is 23.2 Å². The number of nitrogen functional groups attached to an aromatic ring is 1. The van der Waals surface area contributed by atoms with Crippen molar-refractivity contribution >= 4 is 43.4 Å². The van der Waals surface area contributed by atoms with Crippen molar-refractivity contribution < 1.29 is 31.1 Å². The minimum atomic E-state index is -5.03. The van der Waals surface area contributed by atoms with Gasteiger partial charge < -0.3 is 15.4 Å². The fourth-order valence-electron chi connectivity index (χ4n) is 7.41. The number of thiazole rings is 1. The van der Waals surface area contributed by atoms with Crippen LogP contribution in [0.4, 0.5) is 37.3 Å². The SMILES string of the molecule is CC1CC(C#N)CCN1c1nc(OC[C@@]23CCCN2C[C@H](F)C3)nc2c(F)c(-c3ccc(F)c4sc(N)nc34)c(C(F)(F)F)cc12. The Bertz CT molecular complexity index is 1890. The van der Waals surface area contributed by atoms with Crippen LogP contribution < -0.4 is 15.4 Å². The van der Waals surface area contributed by atoms with E-state index >= 15 is 4.39 Å². The number of benzene rings is 2. The number of nitrogens with zero attached hydrogens (tertiary/aromatic N) is 6. The second kappa shape index (κ2) is 11.1. The first-order chi connectivity index (χ1) is 21.9. The van der Waals surface area contributed by atoms with Crippen LogP contribution in [0.15, 0.2) is 18.2 Å². The van der Waals surface area contributed by atoms with E-state index in [2.05, 4.69) is 21.0 Å². The van der Waals surface area contributed by atoms with Crippen LogP contribution in [-0.4, -0.2) is 63.8 Å². The molecule has 242 valence electrons. The Hall–Kier alpha value is -3.90. The minimum absolute atomic E-state index is 0.0240. The van der Waals surface area contributed by atoms with Gasteiger partial charge >= 0.3 is 12.2 Å². The molecule has 46 heavy (non-hydrogen) atoms. The Morgan fingerprint density at radius 3 is 2.72 bits per heavy atom. The summed E-state index contributed by atoms with van der Waals surface area (Å²) in [7, 11) is 0. The van der Waals surface area contributed by atoms with E-state index in [1.54, 1.807) is 4.90 Å². The molecule has 0 aliphatic carbocycles. The third-order valence-corrected chi connectivity index (χ3v) is 10.4. The van der Waals surface area contributed by atoms with E-state index in [1.165, 1.54) is 0 Å². The quantitative estimate of drug-likeness (QED) is 0.231. The number of aromatic nitrogens is 3. The molecule has 2 aromatic heterocycles. The molecule has 0 spiro atoms. The summed E-state index contributed by atoms with van der Waals surface area (Å²) in [6.45, 7) is 3.13. The second-order valence-corrected chi connectivity index (χ2v) is 13.4. The first-order valence-electron chi connectivity index (χ1n) is 15.0. The largest absolute Gasteiger partial charge is 0.461 e. The van der Waals surface area contributed by atoms with Crippen molar-refractivity contribution in [3.05, 3.63) is 35.4 Å². The number of rotatable bonds is 5. The van der Waals surface area contributed by atoms with E-state index in [0.29, 0.717) is 25.8 Å². The van der Waals surface area contributed by atoms with Crippen molar-refractivity contribution in [1.82, 2.24) is 19.9 Å². The van der Waals surface area contributed by atoms with Gasteiger partial charge in [-0.1, -0.05) is 11.3 Å². The van der Waals surface area contributed by atoms with E-state index in [-0.39, 0.29) is 76.2 Å². The van der Waals surface area contributed by atoms with Gasteiger partial charge in [0.15, 0.2) is 10.9 Å². The zero-order chi connectivity index (χ0) is 32.5. The van der Waals surface area contributed by atoms with Gasteiger partial charge in [-0.3, -0.25) is 4.90 Å². The maximum Gasteiger partial charge on any atom is 0.417 e. The molecule has 0 bridgehead atoms. The zero-order valence-corrected chi connectivity index (χ0v) is 25.5. The summed E-state index contributed by atoms with van der Waals surface area (Å²) in [4.78, 5) is 16.6. The summed E-state index contributed by atoms with van der Waals surface area (Å²) in [5.74, 6) is -2.26. The Morgan fingerprint density at radius 2 is 1.98 bits per heavy atom. The second-order valence-electron chi connectivity index (χ2n) is 12.4. The maximum atomic E-state index is 16.8. The van der Waals surface area contributed by atoms with E-state index in [1.807, 2.05) is 11.8 Å². The van der Waals surface area contributed by atoms with Crippen LogP contribution in [0.3, 0.4) is 0 Å². The van der Waals surface area contributed by atoms with E-state index in [9.17, 15) is 27.2 Å². The van der Waals surface area contributed by atoms with Crippen molar-refractivity contribution in [1.29, 1.82) is 5.26 Å². The van der Waals surface area contributed by atoms with Gasteiger partial charge in [0.1, 0.15) is 29.9 Å². The van der Waals surface area contributed by atoms with Crippen LogP contribution in [0.25, 0.3) is 32.2 Å². The number of hydrogen-bond acceptors (Lipinski definition) is 9. The first-order valence-corrected chi connectivity index (χ1v) is 15.8. The standard InChI is InChI=1S/C31H29F6N7OS/c1-15-9-16(12-38)5-8-44(15)27-19-10-20(31(35,36)37)22(18-3-4-21(33)26-25(18)40-28(39)46-26)23(34)24(19)41-29(42-27)45-14-30-6-2-7-43(30)13-17(32)11-30/h3-4,10,15-17H,2,5-9,11,13-14H2,1H3,(H2,39,40)/t15?,16?,17-,30+/m1/s1. The highest BCUT2D eigenvalue weighted by molar-refractivity contribution is 7.22. The van der Waals surface area contributed by atoms with Crippen LogP contribution in [0.5, 0.6) is 6.01 Å². The average Bonchev–Trinajstić information content (AvgIpc) is 3.67. The molecule has 2 N–H and O–H groups in total. The Labute approximate surface area is 263 Å². The molecule has 2 aromatic carbocycles. The highest BCUT2D eigenvalue weighted by atomic mass is 32.1. The molecule has 0 radical (unpaired) electrons. The molecular formula is C31H29F6N7OS. The lowest BCUT2D eigenvalue weighted by Gasteiger charge is -2.37. The van der Waals surface area contributed by atoms with Gasteiger partial charge in [-0.25, -0.2) is 18.2 Å². The van der Waals surface area contributed by atoms with Crippen LogP contribution in [0, 0.1) is 28.9 Å². The number of alkyl halides is 4. The summed E-state index contributed by atoms with van der Waals surface area (Å²) in [6.07, 6.45) is -3.38. The number of fused-ring (bicyclic) bond motifs is 3. The molecule has 2 unspecified atom stereocenters. The minimum Gasteiger partial charge on any atom is -0.461 e. The summed E-state index contributed by atoms with van der Waals surface area (Å²) in [6, 6.07) is 4.48. The number of piperidine rings is 1. The fraction of sp³-hybridized carbons (Fsp3) is 0.484. The molecule has 3 aliphatic rings. The average molecular weight is 662 g/mol. The highest BCUT2D eigenvalue weighted by Crippen LogP contribution is 2.47. The number of halogens is 6. The molecule has 3 saturated heterocycles. The topological polar surface area (TPSA) is 104 Å². The molecule has 4 aromatic rings. The Balaban J connectivity index is 1.43. The van der Waals surface area contributed by atoms with Gasteiger partial charge in [-0.15, -0.1) is 0 Å². The van der Waals surface area contributed by atoms with Crippen molar-refractivity contribution in [2.24, 2.45) is 5.92 Å². The van der Waals surface area contributed by atoms with Gasteiger partial charge in [0, 0.05) is 48.0 Å². The number of hydrogen-bond donors (Lipinski definition) is 1. The van der Waals surface area contributed by atoms with Crippen molar-refractivity contribution in [3.63, 3.8) is 0 Å². The molecule has 4 atom stereocenters. The third kappa shape index (κ3) is 5.06. The number of nitriles is 1. The van der Waals surface area contributed by atoms with Gasteiger partial charge in [-0.2, -0.15) is 28.4 Å². The summed E-state index contributed by atoms with van der Waals surface area (Å²) in [5.41, 5.74) is 2.13. The van der Waals surface area contributed by atoms with Gasteiger partial charge in [-0.05, 0) is 57.4 Å². The van der Waals surface area contributed by atoms with Gasteiger partial charge in [0.25, 0.3) is 0 Å². The number of anilines is 2. The predicted molar refractivity (Wildman–Crippen MR) is 161 cm³/mol.